The summed E-state index contributed by atoms with van der Waals surface area (Å²) >= 11 is 3.45. The molecule has 4 nitrogen and oxygen atoms in total. The van der Waals surface area contributed by atoms with Gasteiger partial charge in [0.1, 0.15) is 23.7 Å². The van der Waals surface area contributed by atoms with Crippen molar-refractivity contribution in [1.29, 1.82) is 0 Å². The lowest BCUT2D eigenvalue weighted by Gasteiger charge is -2.20. The van der Waals surface area contributed by atoms with E-state index in [0.29, 0.717) is 17.5 Å². The van der Waals surface area contributed by atoms with Crippen molar-refractivity contribution in [2.75, 3.05) is 7.11 Å². The van der Waals surface area contributed by atoms with E-state index in [9.17, 15) is 4.79 Å². The van der Waals surface area contributed by atoms with Gasteiger partial charge in [0.05, 0.1) is 12.7 Å². The van der Waals surface area contributed by atoms with E-state index in [-0.39, 0.29) is 5.97 Å². The van der Waals surface area contributed by atoms with Crippen LogP contribution in [0.1, 0.15) is 42.3 Å². The summed E-state index contributed by atoms with van der Waals surface area (Å²) in [7, 11) is 1.64. The Labute approximate surface area is 157 Å². The number of hydrogen-bond donors (Lipinski definition) is 0. The second-order valence-corrected chi connectivity index (χ2v) is 7.16. The van der Waals surface area contributed by atoms with E-state index >= 15 is 0 Å². The standard InChI is InChI=1S/C20H23BrO4/c1-20(2,3)25-19(22)15-7-10-18(16(11-15)12-21)24-13-14-5-8-17(23-4)9-6-14/h5-11H,12-13H2,1-4H3. The monoisotopic (exact) mass is 406 g/mol. The van der Waals surface area contributed by atoms with Crippen LogP contribution >= 0.6 is 15.9 Å². The Morgan fingerprint density at radius 3 is 2.32 bits per heavy atom. The number of ether oxygens (including phenoxy) is 3. The number of alkyl halides is 1. The molecule has 0 aliphatic rings. The van der Waals surface area contributed by atoms with Crippen LogP contribution in [0.2, 0.25) is 0 Å². The predicted molar refractivity (Wildman–Crippen MR) is 102 cm³/mol. The molecule has 25 heavy (non-hydrogen) atoms. The topological polar surface area (TPSA) is 44.8 Å². The number of carbonyl (C=O) groups excluding carboxylic acids is 1. The summed E-state index contributed by atoms with van der Waals surface area (Å²) in [6.45, 7) is 5.99. The lowest BCUT2D eigenvalue weighted by molar-refractivity contribution is 0.00694. The molecule has 0 fully saturated rings. The van der Waals surface area contributed by atoms with E-state index in [1.807, 2.05) is 45.0 Å². The van der Waals surface area contributed by atoms with Crippen LogP contribution in [0, 0.1) is 0 Å². The van der Waals surface area contributed by atoms with Crippen molar-refractivity contribution in [2.24, 2.45) is 0 Å². The first kappa shape index (κ1) is 19.3. The van der Waals surface area contributed by atoms with Crippen molar-refractivity contribution in [3.63, 3.8) is 0 Å². The zero-order valence-corrected chi connectivity index (χ0v) is 16.6. The van der Waals surface area contributed by atoms with E-state index in [4.69, 9.17) is 14.2 Å². The molecule has 0 bridgehead atoms. The summed E-state index contributed by atoms with van der Waals surface area (Å²) in [6.07, 6.45) is 0. The van der Waals surface area contributed by atoms with Gasteiger partial charge in [-0.15, -0.1) is 0 Å². The van der Waals surface area contributed by atoms with Crippen LogP contribution in [0.15, 0.2) is 42.5 Å². The van der Waals surface area contributed by atoms with Crippen molar-refractivity contribution < 1.29 is 19.0 Å². The fourth-order valence-corrected chi connectivity index (χ4v) is 2.61. The number of carbonyl (C=O) groups is 1. The number of methoxy groups -OCH3 is 1. The number of esters is 1. The third kappa shape index (κ3) is 5.78. The van der Waals surface area contributed by atoms with Crippen molar-refractivity contribution in [3.8, 4) is 11.5 Å². The molecule has 0 unspecified atom stereocenters. The first-order chi connectivity index (χ1) is 11.8. The van der Waals surface area contributed by atoms with Crippen LogP contribution in [-0.4, -0.2) is 18.7 Å². The molecule has 0 spiro atoms. The van der Waals surface area contributed by atoms with E-state index in [2.05, 4.69) is 15.9 Å². The van der Waals surface area contributed by atoms with Gasteiger partial charge in [0.15, 0.2) is 0 Å². The third-order valence-electron chi connectivity index (χ3n) is 3.39. The minimum Gasteiger partial charge on any atom is -0.497 e. The minimum atomic E-state index is -0.519. The van der Waals surface area contributed by atoms with Crippen molar-refractivity contribution in [3.05, 3.63) is 59.2 Å². The zero-order chi connectivity index (χ0) is 18.4. The van der Waals surface area contributed by atoms with Crippen LogP contribution in [0.25, 0.3) is 0 Å². The fourth-order valence-electron chi connectivity index (χ4n) is 2.17. The quantitative estimate of drug-likeness (QED) is 0.492. The molecule has 0 saturated carbocycles. The summed E-state index contributed by atoms with van der Waals surface area (Å²) in [5.41, 5.74) is 1.94. The van der Waals surface area contributed by atoms with Gasteiger partial charge in [-0.2, -0.15) is 0 Å². The average Bonchev–Trinajstić information content (AvgIpc) is 2.58. The molecule has 0 radical (unpaired) electrons. The molecular weight excluding hydrogens is 384 g/mol. The van der Waals surface area contributed by atoms with Crippen molar-refractivity contribution in [2.45, 2.75) is 38.3 Å². The molecule has 0 aliphatic heterocycles. The highest BCUT2D eigenvalue weighted by Crippen LogP contribution is 2.25. The number of halogens is 1. The van der Waals surface area contributed by atoms with Crippen LogP contribution in [-0.2, 0) is 16.7 Å². The number of benzene rings is 2. The van der Waals surface area contributed by atoms with Gasteiger partial charge >= 0.3 is 5.97 Å². The van der Waals surface area contributed by atoms with Crippen LogP contribution < -0.4 is 9.47 Å². The van der Waals surface area contributed by atoms with E-state index in [1.165, 1.54) is 0 Å². The zero-order valence-electron chi connectivity index (χ0n) is 15.0. The molecule has 0 amide bonds. The highest BCUT2D eigenvalue weighted by Gasteiger charge is 2.19. The first-order valence-corrected chi connectivity index (χ1v) is 9.12. The first-order valence-electron chi connectivity index (χ1n) is 8.00. The summed E-state index contributed by atoms with van der Waals surface area (Å²) < 4.78 is 16.5. The van der Waals surface area contributed by atoms with Gasteiger partial charge in [-0.25, -0.2) is 4.79 Å². The lowest BCUT2D eigenvalue weighted by atomic mass is 10.1. The molecule has 0 saturated heterocycles. The summed E-state index contributed by atoms with van der Waals surface area (Å²) in [4.78, 5) is 12.2. The normalized spacial score (nSPS) is 11.1. The maximum atomic E-state index is 12.2. The van der Waals surface area contributed by atoms with E-state index in [1.54, 1.807) is 25.3 Å². The summed E-state index contributed by atoms with van der Waals surface area (Å²) in [6, 6.07) is 13.0. The smallest absolute Gasteiger partial charge is 0.338 e. The van der Waals surface area contributed by atoms with Gasteiger partial charge < -0.3 is 14.2 Å². The molecule has 0 heterocycles. The third-order valence-corrected chi connectivity index (χ3v) is 4.00. The molecule has 2 aromatic carbocycles. The molecule has 0 aromatic heterocycles. The average molecular weight is 407 g/mol. The summed E-state index contributed by atoms with van der Waals surface area (Å²) in [5.74, 6) is 1.21. The van der Waals surface area contributed by atoms with Gasteiger partial charge in [-0.1, -0.05) is 28.1 Å². The second-order valence-electron chi connectivity index (χ2n) is 6.59. The molecular formula is C20H23BrO4. The summed E-state index contributed by atoms with van der Waals surface area (Å²) in [5, 5.41) is 0.585. The Hall–Kier alpha value is -2.01. The van der Waals surface area contributed by atoms with Gasteiger partial charge in [-0.3, -0.25) is 0 Å². The number of rotatable bonds is 6. The Bertz CT molecular complexity index is 717. The highest BCUT2D eigenvalue weighted by atomic mass is 79.9. The van der Waals surface area contributed by atoms with Crippen LogP contribution in [0.3, 0.4) is 0 Å². The Morgan fingerprint density at radius 1 is 1.08 bits per heavy atom. The molecule has 0 N–H and O–H groups in total. The van der Waals surface area contributed by atoms with Gasteiger partial charge in [0, 0.05) is 10.9 Å². The number of hydrogen-bond acceptors (Lipinski definition) is 4. The molecule has 2 aromatic rings. The Balaban J connectivity index is 2.09. The maximum absolute atomic E-state index is 12.2. The minimum absolute atomic E-state index is 0.337. The van der Waals surface area contributed by atoms with Crippen molar-refractivity contribution >= 4 is 21.9 Å². The molecule has 0 aliphatic carbocycles. The fraction of sp³-hybridized carbons (Fsp3) is 0.350. The van der Waals surface area contributed by atoms with E-state index < -0.39 is 5.60 Å². The Kier molecular flexibility index (Phi) is 6.48. The molecule has 0 atom stereocenters. The molecule has 5 heteroatoms. The lowest BCUT2D eigenvalue weighted by Crippen LogP contribution is -2.23. The van der Waals surface area contributed by atoms with Gasteiger partial charge in [0.25, 0.3) is 0 Å². The molecule has 134 valence electrons. The maximum Gasteiger partial charge on any atom is 0.338 e. The molecule has 2 rings (SSSR count). The van der Waals surface area contributed by atoms with Crippen molar-refractivity contribution in [1.82, 2.24) is 0 Å². The largest absolute Gasteiger partial charge is 0.497 e. The van der Waals surface area contributed by atoms with Crippen LogP contribution in [0.5, 0.6) is 11.5 Å². The SMILES string of the molecule is COc1ccc(COc2ccc(C(=O)OC(C)(C)C)cc2CBr)cc1. The van der Waals surface area contributed by atoms with E-state index in [0.717, 1.165) is 22.6 Å². The predicted octanol–water partition coefficient (Wildman–Crippen LogP) is 5.12. The van der Waals surface area contributed by atoms with Gasteiger partial charge in [0.2, 0.25) is 0 Å². The van der Waals surface area contributed by atoms with Crippen LogP contribution in [0.4, 0.5) is 0 Å². The van der Waals surface area contributed by atoms with Gasteiger partial charge in [-0.05, 0) is 56.7 Å². The Morgan fingerprint density at radius 2 is 1.76 bits per heavy atom. The highest BCUT2D eigenvalue weighted by molar-refractivity contribution is 9.08. The second kappa shape index (κ2) is 8.39.